The molecule has 5 unspecified atom stereocenters. The predicted octanol–water partition coefficient (Wildman–Crippen LogP) is 1.71. The van der Waals surface area contributed by atoms with Gasteiger partial charge in [-0.25, -0.2) is 0 Å². The van der Waals surface area contributed by atoms with E-state index < -0.39 is 30.3 Å². The van der Waals surface area contributed by atoms with Crippen LogP contribution in [0.4, 0.5) is 0 Å². The van der Waals surface area contributed by atoms with Crippen molar-refractivity contribution in [3.63, 3.8) is 0 Å². The molecule has 0 fully saturated rings. The van der Waals surface area contributed by atoms with Gasteiger partial charge >= 0.3 is 5.97 Å². The molecule has 0 aromatic carbocycles. The SMILES string of the molecule is CCCCCCC(O)CCCCCCC=CC(O)C(O)C(O)C(N)C(=O)O. The highest BCUT2D eigenvalue weighted by atomic mass is 16.4. The molecule has 0 aliphatic heterocycles. The zero-order valence-electron chi connectivity index (χ0n) is 16.5. The molecule has 160 valence electrons. The van der Waals surface area contributed by atoms with Crippen molar-refractivity contribution in [1.29, 1.82) is 0 Å². The van der Waals surface area contributed by atoms with Gasteiger partial charge in [0.2, 0.25) is 0 Å². The van der Waals surface area contributed by atoms with Crippen LogP contribution in [0.5, 0.6) is 0 Å². The Bertz CT molecular complexity index is 404. The molecule has 0 saturated heterocycles. The van der Waals surface area contributed by atoms with E-state index in [0.29, 0.717) is 6.42 Å². The highest BCUT2D eigenvalue weighted by Gasteiger charge is 2.32. The third kappa shape index (κ3) is 12.9. The molecule has 0 aromatic rings. The van der Waals surface area contributed by atoms with Crippen molar-refractivity contribution in [3.05, 3.63) is 12.2 Å². The Kier molecular flexibility index (Phi) is 15.4. The molecule has 7 N–H and O–H groups in total. The van der Waals surface area contributed by atoms with Gasteiger partial charge in [0, 0.05) is 0 Å². The van der Waals surface area contributed by atoms with E-state index in [1.54, 1.807) is 6.08 Å². The topological polar surface area (TPSA) is 144 Å². The minimum Gasteiger partial charge on any atom is -0.480 e. The molecule has 0 rings (SSSR count). The molecule has 0 bridgehead atoms. The van der Waals surface area contributed by atoms with Gasteiger partial charge in [-0.15, -0.1) is 0 Å². The third-order valence-corrected chi connectivity index (χ3v) is 4.74. The fourth-order valence-corrected chi connectivity index (χ4v) is 2.86. The lowest BCUT2D eigenvalue weighted by molar-refractivity contribution is -0.145. The second-order valence-corrected chi connectivity index (χ2v) is 7.26. The van der Waals surface area contributed by atoms with Crippen LogP contribution in [-0.2, 0) is 4.79 Å². The minimum absolute atomic E-state index is 0.193. The van der Waals surface area contributed by atoms with E-state index in [-0.39, 0.29) is 6.10 Å². The van der Waals surface area contributed by atoms with Crippen LogP contribution >= 0.6 is 0 Å². The van der Waals surface area contributed by atoms with E-state index in [0.717, 1.165) is 44.9 Å². The summed E-state index contributed by atoms with van der Waals surface area (Å²) < 4.78 is 0. The Balaban J connectivity index is 3.75. The molecule has 0 aliphatic carbocycles. The van der Waals surface area contributed by atoms with Crippen LogP contribution in [0.3, 0.4) is 0 Å². The van der Waals surface area contributed by atoms with E-state index in [4.69, 9.17) is 10.8 Å². The highest BCUT2D eigenvalue weighted by Crippen LogP contribution is 2.13. The number of hydrogen-bond donors (Lipinski definition) is 6. The van der Waals surface area contributed by atoms with Crippen molar-refractivity contribution in [2.45, 2.75) is 108 Å². The average Bonchev–Trinajstić information content (AvgIpc) is 2.65. The Morgan fingerprint density at radius 2 is 1.44 bits per heavy atom. The van der Waals surface area contributed by atoms with Crippen LogP contribution < -0.4 is 5.73 Å². The number of unbranched alkanes of at least 4 members (excludes halogenated alkanes) is 7. The van der Waals surface area contributed by atoms with E-state index in [2.05, 4.69) is 6.92 Å². The summed E-state index contributed by atoms with van der Waals surface area (Å²) in [6.07, 6.45) is 9.25. The van der Waals surface area contributed by atoms with Gasteiger partial charge in [-0.1, -0.05) is 64.0 Å². The van der Waals surface area contributed by atoms with Gasteiger partial charge < -0.3 is 31.3 Å². The maximum absolute atomic E-state index is 10.7. The summed E-state index contributed by atoms with van der Waals surface area (Å²) in [5, 5.41) is 47.6. The molecule has 0 amide bonds. The Hall–Kier alpha value is -0.990. The largest absolute Gasteiger partial charge is 0.480 e. The van der Waals surface area contributed by atoms with Crippen LogP contribution in [-0.4, -0.2) is 62.0 Å². The number of aliphatic hydroxyl groups excluding tert-OH is 4. The Labute approximate surface area is 162 Å². The number of carbonyl (C=O) groups is 1. The van der Waals surface area contributed by atoms with Crippen molar-refractivity contribution in [3.8, 4) is 0 Å². The number of aliphatic carboxylic acids is 1. The van der Waals surface area contributed by atoms with Gasteiger partial charge in [-0.05, 0) is 25.7 Å². The lowest BCUT2D eigenvalue weighted by Gasteiger charge is -2.23. The minimum atomic E-state index is -1.74. The molecule has 0 aromatic heterocycles. The van der Waals surface area contributed by atoms with E-state index >= 15 is 0 Å². The lowest BCUT2D eigenvalue weighted by atomic mass is 10.0. The molecule has 5 atom stereocenters. The molecule has 0 heterocycles. The van der Waals surface area contributed by atoms with Crippen molar-refractivity contribution in [1.82, 2.24) is 0 Å². The first-order valence-corrected chi connectivity index (χ1v) is 10.2. The van der Waals surface area contributed by atoms with Gasteiger partial charge in [-0.2, -0.15) is 0 Å². The molecule has 7 nitrogen and oxygen atoms in total. The van der Waals surface area contributed by atoms with Gasteiger partial charge in [0.05, 0.1) is 6.10 Å². The van der Waals surface area contributed by atoms with Crippen LogP contribution in [0.15, 0.2) is 12.2 Å². The van der Waals surface area contributed by atoms with Crippen molar-refractivity contribution in [2.75, 3.05) is 0 Å². The number of aliphatic hydroxyl groups is 4. The summed E-state index contributed by atoms with van der Waals surface area (Å²) in [7, 11) is 0. The Morgan fingerprint density at radius 3 is 2.00 bits per heavy atom. The third-order valence-electron chi connectivity index (χ3n) is 4.74. The van der Waals surface area contributed by atoms with Crippen molar-refractivity contribution < 1.29 is 30.3 Å². The zero-order chi connectivity index (χ0) is 20.7. The number of carboxylic acid groups (broad SMARTS) is 1. The summed E-state index contributed by atoms with van der Waals surface area (Å²) in [6, 6.07) is -1.65. The fourth-order valence-electron chi connectivity index (χ4n) is 2.86. The molecule has 0 spiro atoms. The summed E-state index contributed by atoms with van der Waals surface area (Å²) in [6.45, 7) is 2.17. The highest BCUT2D eigenvalue weighted by molar-refractivity contribution is 5.74. The first-order valence-electron chi connectivity index (χ1n) is 10.2. The molecule has 0 radical (unpaired) electrons. The summed E-state index contributed by atoms with van der Waals surface area (Å²) in [5.41, 5.74) is 5.22. The van der Waals surface area contributed by atoms with Crippen molar-refractivity contribution in [2.24, 2.45) is 5.73 Å². The van der Waals surface area contributed by atoms with Crippen LogP contribution in [0.2, 0.25) is 0 Å². The van der Waals surface area contributed by atoms with E-state index in [1.165, 1.54) is 25.3 Å². The number of allylic oxidation sites excluding steroid dienone is 1. The standard InChI is InChI=1S/C20H39NO6/c1-2-3-4-9-12-15(22)13-10-7-5-6-8-11-14-16(23)18(24)19(25)17(21)20(26)27/h11,14-19,22-25H,2-10,12-13,21H2,1H3,(H,26,27). The second kappa shape index (κ2) is 16.0. The maximum Gasteiger partial charge on any atom is 0.323 e. The molecule has 27 heavy (non-hydrogen) atoms. The molecule has 7 heteroatoms. The van der Waals surface area contributed by atoms with Crippen LogP contribution in [0.1, 0.15) is 77.6 Å². The molecular weight excluding hydrogens is 350 g/mol. The smallest absolute Gasteiger partial charge is 0.323 e. The first-order chi connectivity index (χ1) is 12.8. The monoisotopic (exact) mass is 389 g/mol. The van der Waals surface area contributed by atoms with Gasteiger partial charge in [0.15, 0.2) is 0 Å². The van der Waals surface area contributed by atoms with Crippen LogP contribution in [0.25, 0.3) is 0 Å². The van der Waals surface area contributed by atoms with Crippen molar-refractivity contribution >= 4 is 5.97 Å². The van der Waals surface area contributed by atoms with Gasteiger partial charge in [0.25, 0.3) is 0 Å². The first kappa shape index (κ1) is 26.0. The quantitative estimate of drug-likeness (QED) is 0.164. The molecule has 0 saturated carbocycles. The summed E-state index contributed by atoms with van der Waals surface area (Å²) >= 11 is 0. The second-order valence-electron chi connectivity index (χ2n) is 7.26. The van der Waals surface area contributed by atoms with Gasteiger partial charge in [0.1, 0.15) is 24.4 Å². The average molecular weight is 390 g/mol. The van der Waals surface area contributed by atoms with Crippen LogP contribution in [0, 0.1) is 0 Å². The lowest BCUT2D eigenvalue weighted by Crippen LogP contribution is -2.51. The number of hydrogen-bond acceptors (Lipinski definition) is 6. The maximum atomic E-state index is 10.7. The summed E-state index contributed by atoms with van der Waals surface area (Å²) in [5.74, 6) is -1.44. The Morgan fingerprint density at radius 1 is 0.889 bits per heavy atom. The number of carboxylic acids is 1. The molecule has 0 aliphatic rings. The van der Waals surface area contributed by atoms with Gasteiger partial charge in [-0.3, -0.25) is 4.79 Å². The van der Waals surface area contributed by atoms with E-state index in [1.807, 2.05) is 0 Å². The number of nitrogens with two attached hydrogens (primary N) is 1. The normalized spacial score (nSPS) is 17.6. The predicted molar refractivity (Wildman–Crippen MR) is 105 cm³/mol. The fraction of sp³-hybridized carbons (Fsp3) is 0.850. The molecular formula is C20H39NO6. The zero-order valence-corrected chi connectivity index (χ0v) is 16.5. The number of rotatable bonds is 17. The van der Waals surface area contributed by atoms with E-state index in [9.17, 15) is 25.2 Å². The summed E-state index contributed by atoms with van der Waals surface area (Å²) in [4.78, 5) is 10.7.